The van der Waals surface area contributed by atoms with Crippen molar-refractivity contribution < 1.29 is 4.74 Å². The number of ether oxygens (including phenoxy) is 1. The number of hydrogen-bond acceptors (Lipinski definition) is 6. The number of anilines is 1. The predicted molar refractivity (Wildman–Crippen MR) is 125 cm³/mol. The first-order valence-electron chi connectivity index (χ1n) is 9.72. The van der Waals surface area contributed by atoms with Crippen LogP contribution in [0.3, 0.4) is 0 Å². The molecule has 2 N–H and O–H groups in total. The molecule has 3 rings (SSSR count). The Kier molecular flexibility index (Phi) is 9.58. The zero-order valence-electron chi connectivity index (χ0n) is 17.3. The summed E-state index contributed by atoms with van der Waals surface area (Å²) >= 11 is 0. The van der Waals surface area contributed by atoms with E-state index >= 15 is 0 Å². The number of piperidine rings is 1. The van der Waals surface area contributed by atoms with Crippen molar-refractivity contribution in [2.24, 2.45) is 12.0 Å². The molecule has 0 aliphatic carbocycles. The molecule has 1 fully saturated rings. The fourth-order valence-corrected chi connectivity index (χ4v) is 3.15. The summed E-state index contributed by atoms with van der Waals surface area (Å²) < 4.78 is 7.11. The van der Waals surface area contributed by atoms with Gasteiger partial charge in [0.1, 0.15) is 18.2 Å². The van der Waals surface area contributed by atoms with Crippen molar-refractivity contribution in [3.05, 3.63) is 36.0 Å². The molecule has 29 heavy (non-hydrogen) atoms. The van der Waals surface area contributed by atoms with Crippen LogP contribution >= 0.6 is 24.0 Å². The number of pyridine rings is 1. The van der Waals surface area contributed by atoms with Gasteiger partial charge in [-0.15, -0.1) is 34.2 Å². The lowest BCUT2D eigenvalue weighted by Gasteiger charge is -2.33. The van der Waals surface area contributed by atoms with Crippen molar-refractivity contribution in [3.8, 4) is 0 Å². The van der Waals surface area contributed by atoms with Gasteiger partial charge in [-0.25, -0.2) is 9.98 Å². The van der Waals surface area contributed by atoms with Crippen molar-refractivity contribution in [1.82, 2.24) is 30.4 Å². The van der Waals surface area contributed by atoms with E-state index in [-0.39, 0.29) is 24.0 Å². The normalized spacial score (nSPS) is 15.1. The van der Waals surface area contributed by atoms with Gasteiger partial charge in [-0.3, -0.25) is 0 Å². The number of rotatable bonds is 7. The van der Waals surface area contributed by atoms with Crippen LogP contribution in [0.1, 0.15) is 24.5 Å². The van der Waals surface area contributed by atoms with Crippen LogP contribution < -0.4 is 15.5 Å². The fraction of sp³-hybridized carbons (Fsp3) is 0.579. The maximum absolute atomic E-state index is 5.15. The van der Waals surface area contributed by atoms with E-state index in [1.54, 1.807) is 7.11 Å². The van der Waals surface area contributed by atoms with Gasteiger partial charge < -0.3 is 24.8 Å². The summed E-state index contributed by atoms with van der Waals surface area (Å²) in [6, 6.07) is 6.42. The highest BCUT2D eigenvalue weighted by Gasteiger charge is 2.21. The Balaban J connectivity index is 0.00000300. The third-order valence-electron chi connectivity index (χ3n) is 4.97. The van der Waals surface area contributed by atoms with E-state index < -0.39 is 0 Å². The van der Waals surface area contributed by atoms with E-state index in [9.17, 15) is 0 Å². The van der Waals surface area contributed by atoms with Gasteiger partial charge in [0.15, 0.2) is 11.8 Å². The second-order valence-electron chi connectivity index (χ2n) is 6.90. The maximum Gasteiger partial charge on any atom is 0.192 e. The highest BCUT2D eigenvalue weighted by Crippen LogP contribution is 2.17. The zero-order valence-corrected chi connectivity index (χ0v) is 19.7. The molecule has 0 bridgehead atoms. The molecule has 3 heterocycles. The average molecular weight is 514 g/mol. The molecule has 160 valence electrons. The van der Waals surface area contributed by atoms with Crippen LogP contribution in [0.25, 0.3) is 0 Å². The maximum atomic E-state index is 5.15. The Bertz CT molecular complexity index is 759. The molecule has 9 nitrogen and oxygen atoms in total. The summed E-state index contributed by atoms with van der Waals surface area (Å²) in [5.41, 5.74) is 0. The lowest BCUT2D eigenvalue weighted by atomic mass is 10.1. The monoisotopic (exact) mass is 514 g/mol. The molecule has 2 aromatic rings. The van der Waals surface area contributed by atoms with Crippen LogP contribution in [0, 0.1) is 6.92 Å². The number of nitrogens with zero attached hydrogens (tertiary/aromatic N) is 6. The van der Waals surface area contributed by atoms with E-state index in [0.717, 1.165) is 49.4 Å². The van der Waals surface area contributed by atoms with Gasteiger partial charge in [-0.05, 0) is 31.9 Å². The van der Waals surface area contributed by atoms with Crippen molar-refractivity contribution in [2.45, 2.75) is 32.4 Å². The van der Waals surface area contributed by atoms with Crippen LogP contribution in [0.5, 0.6) is 0 Å². The van der Waals surface area contributed by atoms with Crippen molar-refractivity contribution in [1.29, 1.82) is 0 Å². The van der Waals surface area contributed by atoms with Gasteiger partial charge in [0.25, 0.3) is 0 Å². The molecule has 0 atom stereocenters. The van der Waals surface area contributed by atoms with Gasteiger partial charge in [0.2, 0.25) is 0 Å². The summed E-state index contributed by atoms with van der Waals surface area (Å²) in [4.78, 5) is 11.5. The Morgan fingerprint density at radius 2 is 2.07 bits per heavy atom. The van der Waals surface area contributed by atoms with Crippen LogP contribution in [0.2, 0.25) is 0 Å². The molecule has 10 heteroatoms. The number of hydrogen-bond donors (Lipinski definition) is 2. The number of aliphatic imine (C=N–C) groups is 1. The minimum Gasteiger partial charge on any atom is -0.383 e. The molecule has 0 aromatic carbocycles. The zero-order chi connectivity index (χ0) is 19.8. The quantitative estimate of drug-likeness (QED) is 0.250. The molecular weight excluding hydrogens is 483 g/mol. The second kappa shape index (κ2) is 11.9. The number of methoxy groups -OCH3 is 1. The van der Waals surface area contributed by atoms with Crippen molar-refractivity contribution in [3.63, 3.8) is 0 Å². The summed E-state index contributed by atoms with van der Waals surface area (Å²) in [6.45, 7) is 5.69. The van der Waals surface area contributed by atoms with E-state index in [2.05, 4.69) is 36.8 Å². The third-order valence-corrected chi connectivity index (χ3v) is 4.97. The molecule has 2 aromatic heterocycles. The first-order chi connectivity index (χ1) is 13.7. The number of halogens is 1. The standard InChI is InChI=1S/C19H30N8O.HI/c1-15-24-25-18(26(15)2)14-22-19(21-10-13-28-3)23-16-7-11-27(12-8-16)17-6-4-5-9-20-17;/h4-6,9,16H,7-8,10-14H2,1-3H3,(H2,21,22,23);1H. The molecule has 0 unspecified atom stereocenters. The third kappa shape index (κ3) is 6.81. The van der Waals surface area contributed by atoms with E-state index in [1.807, 2.05) is 36.9 Å². The number of guanidine groups is 1. The SMILES string of the molecule is COCCNC(=NCc1nnc(C)n1C)NC1CCN(c2ccccn2)CC1.I. The number of aryl methyl sites for hydroxylation is 1. The topological polar surface area (TPSA) is 92.5 Å². The van der Waals surface area contributed by atoms with Crippen LogP contribution in [-0.2, 0) is 18.3 Å². The lowest BCUT2D eigenvalue weighted by Crippen LogP contribution is -2.49. The summed E-state index contributed by atoms with van der Waals surface area (Å²) in [5.74, 6) is 3.56. The van der Waals surface area contributed by atoms with Crippen molar-refractivity contribution in [2.75, 3.05) is 38.3 Å². The van der Waals surface area contributed by atoms with Gasteiger partial charge in [-0.2, -0.15) is 0 Å². The van der Waals surface area contributed by atoms with E-state index in [0.29, 0.717) is 25.7 Å². The Morgan fingerprint density at radius 1 is 1.28 bits per heavy atom. The first-order valence-corrected chi connectivity index (χ1v) is 9.72. The highest BCUT2D eigenvalue weighted by molar-refractivity contribution is 14.0. The minimum atomic E-state index is 0. The van der Waals surface area contributed by atoms with Crippen LogP contribution in [-0.4, -0.2) is 65.1 Å². The molecule has 1 saturated heterocycles. The second-order valence-corrected chi connectivity index (χ2v) is 6.90. The number of nitrogens with one attached hydrogen (secondary N) is 2. The van der Waals surface area contributed by atoms with Gasteiger partial charge >= 0.3 is 0 Å². The molecule has 0 amide bonds. The van der Waals surface area contributed by atoms with Gasteiger partial charge in [0.05, 0.1) is 6.61 Å². The molecule has 0 spiro atoms. The van der Waals surface area contributed by atoms with E-state index in [4.69, 9.17) is 9.73 Å². The number of aromatic nitrogens is 4. The Hall–Kier alpha value is -1.95. The summed E-state index contributed by atoms with van der Waals surface area (Å²) in [7, 11) is 3.65. The fourth-order valence-electron chi connectivity index (χ4n) is 3.15. The molecule has 1 aliphatic heterocycles. The largest absolute Gasteiger partial charge is 0.383 e. The van der Waals surface area contributed by atoms with Crippen LogP contribution in [0.15, 0.2) is 29.4 Å². The predicted octanol–water partition coefficient (Wildman–Crippen LogP) is 1.49. The van der Waals surface area contributed by atoms with Crippen LogP contribution in [0.4, 0.5) is 5.82 Å². The first kappa shape index (κ1) is 23.3. The van der Waals surface area contributed by atoms with Gasteiger partial charge in [-0.1, -0.05) is 6.07 Å². The van der Waals surface area contributed by atoms with Gasteiger partial charge in [0, 0.05) is 46.0 Å². The van der Waals surface area contributed by atoms with Crippen molar-refractivity contribution >= 4 is 35.8 Å². The Morgan fingerprint density at radius 3 is 2.69 bits per heavy atom. The smallest absolute Gasteiger partial charge is 0.192 e. The van der Waals surface area contributed by atoms with E-state index in [1.165, 1.54) is 0 Å². The molecule has 0 radical (unpaired) electrons. The molecular formula is C19H31IN8O. The lowest BCUT2D eigenvalue weighted by molar-refractivity contribution is 0.203. The summed E-state index contributed by atoms with van der Waals surface area (Å²) in [6.07, 6.45) is 3.91. The average Bonchev–Trinajstić information content (AvgIpc) is 3.05. The molecule has 0 saturated carbocycles. The molecule has 1 aliphatic rings. The minimum absolute atomic E-state index is 0. The Labute approximate surface area is 189 Å². The summed E-state index contributed by atoms with van der Waals surface area (Å²) in [5, 5.41) is 15.2. The highest BCUT2D eigenvalue weighted by atomic mass is 127.